The number of nitrogens with zero attached hydrogens (tertiary/aromatic N) is 2. The molecule has 0 atom stereocenters. The van der Waals surface area contributed by atoms with Crippen LogP contribution in [0.3, 0.4) is 0 Å². The zero-order valence-electron chi connectivity index (χ0n) is 6.63. The van der Waals surface area contributed by atoms with Crippen molar-refractivity contribution in [1.82, 2.24) is 9.47 Å². The van der Waals surface area contributed by atoms with Crippen LogP contribution in [-0.2, 0) is 7.05 Å². The topological polar surface area (TPSA) is 8.17 Å². The molecular weight excluding hydrogens is 124 g/mol. The predicted octanol–water partition coefficient (Wildman–Crippen LogP) is 0.974. The molecule has 2 nitrogen and oxygen atoms in total. The molecule has 2 heteroatoms. The highest BCUT2D eigenvalue weighted by Crippen LogP contribution is 2.03. The third kappa shape index (κ3) is 1.88. The second-order valence-electron chi connectivity index (χ2n) is 2.57. The molecule has 1 rings (SSSR count). The zero-order chi connectivity index (χ0) is 7.56. The first kappa shape index (κ1) is 7.35. The van der Waals surface area contributed by atoms with Crippen molar-refractivity contribution < 1.29 is 0 Å². The molecule has 1 heterocycles. The molecule has 0 spiro atoms. The third-order valence-corrected chi connectivity index (χ3v) is 1.18. The molecule has 2 radical (unpaired) electrons. The van der Waals surface area contributed by atoms with Gasteiger partial charge < -0.3 is 4.57 Å². The first-order valence-electron chi connectivity index (χ1n) is 3.24. The molecule has 0 saturated heterocycles. The Morgan fingerprint density at radius 1 is 1.50 bits per heavy atom. The summed E-state index contributed by atoms with van der Waals surface area (Å²) in [5.41, 5.74) is 1.12. The van der Waals surface area contributed by atoms with Crippen molar-refractivity contribution in [2.75, 3.05) is 14.1 Å². The summed E-state index contributed by atoms with van der Waals surface area (Å²) in [6.45, 7) is 3.14. The number of hydrogen-bond donors (Lipinski definition) is 0. The van der Waals surface area contributed by atoms with Gasteiger partial charge >= 0.3 is 0 Å². The van der Waals surface area contributed by atoms with Crippen molar-refractivity contribution in [1.29, 1.82) is 0 Å². The van der Waals surface area contributed by atoms with E-state index in [2.05, 4.69) is 6.54 Å². The summed E-state index contributed by atoms with van der Waals surface area (Å²) in [4.78, 5) is 1.91. The van der Waals surface area contributed by atoms with Gasteiger partial charge in [0.1, 0.15) is 0 Å². The second kappa shape index (κ2) is 2.88. The van der Waals surface area contributed by atoms with Gasteiger partial charge in [-0.15, -0.1) is 0 Å². The maximum absolute atomic E-state index is 3.14. The Bertz CT molecular complexity index is 201. The largest absolute Gasteiger partial charge is 0.357 e. The summed E-state index contributed by atoms with van der Waals surface area (Å²) in [5, 5.41) is 0. The highest BCUT2D eigenvalue weighted by Gasteiger charge is 1.96. The van der Waals surface area contributed by atoms with E-state index in [0.29, 0.717) is 0 Å². The number of aryl methyl sites for hydroxylation is 1. The minimum absolute atomic E-state index is 1.12. The maximum atomic E-state index is 3.14. The lowest BCUT2D eigenvalue weighted by atomic mass is 10.3. The minimum Gasteiger partial charge on any atom is -0.357 e. The van der Waals surface area contributed by atoms with Gasteiger partial charge in [-0.05, 0) is 25.7 Å². The summed E-state index contributed by atoms with van der Waals surface area (Å²) in [7, 11) is 5.93. The molecule has 1 aromatic rings. The smallest absolute Gasteiger partial charge is 0.0973 e. The van der Waals surface area contributed by atoms with Gasteiger partial charge in [0.05, 0.1) is 6.54 Å². The Labute approximate surface area is 62.1 Å². The quantitative estimate of drug-likeness (QED) is 0.550. The normalized spacial score (nSPS) is 10.8. The lowest BCUT2D eigenvalue weighted by molar-refractivity contribution is 0.516. The SMILES string of the molecule is CN(C)[C]c1ccn(C)c1. The molecule has 0 amide bonds. The molecule has 54 valence electrons. The summed E-state index contributed by atoms with van der Waals surface area (Å²) < 4.78 is 2.01. The standard InChI is InChI=1S/C8H12N2/c1-9(2)6-8-4-5-10(3)7-8/h4-5,7H,1-3H3. The molecule has 0 aromatic carbocycles. The van der Waals surface area contributed by atoms with Crippen LogP contribution in [0.25, 0.3) is 0 Å². The Morgan fingerprint density at radius 2 is 2.20 bits per heavy atom. The Balaban J connectivity index is 2.58. The van der Waals surface area contributed by atoms with Gasteiger partial charge in [-0.2, -0.15) is 0 Å². The second-order valence-corrected chi connectivity index (χ2v) is 2.57. The van der Waals surface area contributed by atoms with Crippen LogP contribution in [0.4, 0.5) is 0 Å². The summed E-state index contributed by atoms with van der Waals surface area (Å²) in [6.07, 6.45) is 4.03. The van der Waals surface area contributed by atoms with E-state index < -0.39 is 0 Å². The molecule has 0 aliphatic rings. The highest BCUT2D eigenvalue weighted by molar-refractivity contribution is 5.17. The first-order chi connectivity index (χ1) is 4.68. The van der Waals surface area contributed by atoms with Crippen LogP contribution in [0.1, 0.15) is 5.56 Å². The van der Waals surface area contributed by atoms with E-state index in [1.807, 2.05) is 49.1 Å². The van der Waals surface area contributed by atoms with Gasteiger partial charge in [0.25, 0.3) is 0 Å². The number of rotatable bonds is 2. The van der Waals surface area contributed by atoms with E-state index in [4.69, 9.17) is 0 Å². The van der Waals surface area contributed by atoms with Crippen molar-refractivity contribution in [3.8, 4) is 0 Å². The van der Waals surface area contributed by atoms with E-state index in [1.54, 1.807) is 0 Å². The van der Waals surface area contributed by atoms with Gasteiger partial charge in [-0.25, -0.2) is 0 Å². The minimum atomic E-state index is 1.12. The van der Waals surface area contributed by atoms with Crippen molar-refractivity contribution in [2.24, 2.45) is 7.05 Å². The first-order valence-corrected chi connectivity index (χ1v) is 3.24. The average molecular weight is 136 g/mol. The maximum Gasteiger partial charge on any atom is 0.0973 e. The molecule has 0 aliphatic heterocycles. The van der Waals surface area contributed by atoms with E-state index in [9.17, 15) is 0 Å². The van der Waals surface area contributed by atoms with Crippen LogP contribution < -0.4 is 0 Å². The fraction of sp³-hybridized carbons (Fsp3) is 0.375. The molecule has 0 bridgehead atoms. The van der Waals surface area contributed by atoms with E-state index >= 15 is 0 Å². The molecule has 0 N–H and O–H groups in total. The van der Waals surface area contributed by atoms with Crippen molar-refractivity contribution in [2.45, 2.75) is 0 Å². The van der Waals surface area contributed by atoms with Gasteiger partial charge in [0.15, 0.2) is 0 Å². The van der Waals surface area contributed by atoms with Crippen molar-refractivity contribution in [3.05, 3.63) is 30.6 Å². The number of aromatic nitrogens is 1. The Hall–Kier alpha value is -0.760. The van der Waals surface area contributed by atoms with Gasteiger partial charge in [-0.1, -0.05) is 0 Å². The van der Waals surface area contributed by atoms with E-state index in [1.165, 1.54) is 0 Å². The van der Waals surface area contributed by atoms with Crippen LogP contribution in [0.15, 0.2) is 18.5 Å². The van der Waals surface area contributed by atoms with Crippen LogP contribution in [0.2, 0.25) is 0 Å². The molecule has 10 heavy (non-hydrogen) atoms. The Kier molecular flexibility index (Phi) is 2.12. The van der Waals surface area contributed by atoms with E-state index in [-0.39, 0.29) is 0 Å². The van der Waals surface area contributed by atoms with Crippen LogP contribution in [0.5, 0.6) is 0 Å². The summed E-state index contributed by atoms with van der Waals surface area (Å²) >= 11 is 0. The predicted molar refractivity (Wildman–Crippen MR) is 41.4 cm³/mol. The Morgan fingerprint density at radius 3 is 2.60 bits per heavy atom. The van der Waals surface area contributed by atoms with Crippen molar-refractivity contribution in [3.63, 3.8) is 0 Å². The lowest BCUT2D eigenvalue weighted by Crippen LogP contribution is -2.07. The summed E-state index contributed by atoms with van der Waals surface area (Å²) in [5.74, 6) is 0. The molecule has 0 unspecified atom stereocenters. The molecule has 1 aromatic heterocycles. The third-order valence-electron chi connectivity index (χ3n) is 1.18. The van der Waals surface area contributed by atoms with Crippen molar-refractivity contribution >= 4 is 0 Å². The fourth-order valence-corrected chi connectivity index (χ4v) is 0.828. The highest BCUT2D eigenvalue weighted by atomic mass is 15.1. The molecule has 0 saturated carbocycles. The summed E-state index contributed by atoms with van der Waals surface area (Å²) in [6, 6.07) is 2.03. The van der Waals surface area contributed by atoms with Gasteiger partial charge in [0.2, 0.25) is 0 Å². The van der Waals surface area contributed by atoms with Crippen LogP contribution in [-0.4, -0.2) is 23.6 Å². The fourth-order valence-electron chi connectivity index (χ4n) is 0.828. The zero-order valence-corrected chi connectivity index (χ0v) is 6.63. The van der Waals surface area contributed by atoms with Crippen LogP contribution >= 0.6 is 0 Å². The van der Waals surface area contributed by atoms with Crippen LogP contribution in [0, 0.1) is 6.54 Å². The lowest BCUT2D eigenvalue weighted by Gasteiger charge is -2.03. The monoisotopic (exact) mass is 136 g/mol. The molecule has 0 fully saturated rings. The van der Waals surface area contributed by atoms with Gasteiger partial charge in [-0.3, -0.25) is 4.90 Å². The molecule has 0 aliphatic carbocycles. The molecular formula is C8H12N2. The van der Waals surface area contributed by atoms with E-state index in [0.717, 1.165) is 5.56 Å². The van der Waals surface area contributed by atoms with Gasteiger partial charge in [0, 0.05) is 19.4 Å². The number of hydrogen-bond acceptors (Lipinski definition) is 1. The average Bonchev–Trinajstić information content (AvgIpc) is 2.13.